The average Bonchev–Trinajstić information content (AvgIpc) is 2.71. The smallest absolute Gasteiger partial charge is 0.425 e. The molecule has 0 aromatic rings. The predicted octanol–water partition coefficient (Wildman–Crippen LogP) is 6.10. The summed E-state index contributed by atoms with van der Waals surface area (Å²) in [6.45, 7) is 0.143. The third-order valence-corrected chi connectivity index (χ3v) is 5.53. The molecule has 0 aromatic heterocycles. The summed E-state index contributed by atoms with van der Waals surface area (Å²) in [6, 6.07) is -0.866. The molecule has 1 rings (SSSR count). The molecule has 4 atom stereocenters. The van der Waals surface area contributed by atoms with Gasteiger partial charge in [0.1, 0.15) is 0 Å². The van der Waals surface area contributed by atoms with Crippen molar-refractivity contribution in [1.29, 1.82) is 0 Å². The van der Waals surface area contributed by atoms with E-state index in [-0.39, 0.29) is 19.4 Å². The van der Waals surface area contributed by atoms with Gasteiger partial charge in [0, 0.05) is 12.6 Å². The van der Waals surface area contributed by atoms with E-state index in [9.17, 15) is 62.3 Å². The molecular weight excluding hydrogens is 560 g/mol. The van der Waals surface area contributed by atoms with Crippen LogP contribution >= 0.6 is 0 Å². The number of ether oxygens (including phenoxy) is 2. The number of hydrogen-bond acceptors (Lipinski definition) is 4. The molecule has 2 N–H and O–H groups in total. The van der Waals surface area contributed by atoms with Gasteiger partial charge in [0.15, 0.2) is 13.2 Å². The maximum absolute atomic E-state index is 13.3. The number of alkyl carbamates (subject to hydrolysis) is 2. The Balaban J connectivity index is 2.70. The number of hydrogen-bond donors (Lipinski definition) is 2. The third kappa shape index (κ3) is 10.1. The second kappa shape index (κ2) is 11.4. The van der Waals surface area contributed by atoms with Gasteiger partial charge in [-0.1, -0.05) is 20.8 Å². The molecule has 1 aliphatic carbocycles. The van der Waals surface area contributed by atoms with Crippen molar-refractivity contribution in [1.82, 2.24) is 10.6 Å². The highest BCUT2D eigenvalue weighted by Gasteiger charge is 2.58. The molecule has 0 radical (unpaired) electrons. The summed E-state index contributed by atoms with van der Waals surface area (Å²) in [7, 11) is 0. The van der Waals surface area contributed by atoms with Crippen LogP contribution in [0.4, 0.5) is 62.3 Å². The molecular formula is C20H26F12N2O4. The first-order valence-electron chi connectivity index (χ1n) is 10.8. The Hall–Kier alpha value is -2.30. The van der Waals surface area contributed by atoms with E-state index in [0.717, 1.165) is 0 Å². The van der Waals surface area contributed by atoms with Crippen LogP contribution in [0.5, 0.6) is 0 Å². The number of carbonyl (C=O) groups is 2. The van der Waals surface area contributed by atoms with Crippen molar-refractivity contribution in [2.75, 3.05) is 19.8 Å². The van der Waals surface area contributed by atoms with Crippen molar-refractivity contribution in [2.45, 2.75) is 82.6 Å². The van der Waals surface area contributed by atoms with E-state index in [0.29, 0.717) is 6.42 Å². The molecule has 0 bridgehead atoms. The maximum atomic E-state index is 13.3. The summed E-state index contributed by atoms with van der Waals surface area (Å²) >= 11 is 0. The van der Waals surface area contributed by atoms with Crippen LogP contribution in [0.2, 0.25) is 0 Å². The Morgan fingerprint density at radius 1 is 0.789 bits per heavy atom. The number of amides is 2. The molecule has 38 heavy (non-hydrogen) atoms. The molecule has 0 saturated heterocycles. The second-order valence-corrected chi connectivity index (χ2v) is 10.2. The minimum Gasteiger partial charge on any atom is -0.443 e. The summed E-state index contributed by atoms with van der Waals surface area (Å²) in [6.07, 6.45) is -23.6. The topological polar surface area (TPSA) is 76.7 Å². The normalized spacial score (nSPS) is 24.2. The zero-order valence-electron chi connectivity index (χ0n) is 20.1. The summed E-state index contributed by atoms with van der Waals surface area (Å²) < 4.78 is 160. The van der Waals surface area contributed by atoms with E-state index in [1.165, 1.54) is 6.92 Å². The second-order valence-electron chi connectivity index (χ2n) is 10.2. The van der Waals surface area contributed by atoms with Crippen LogP contribution in [0.1, 0.15) is 40.0 Å². The zero-order chi connectivity index (χ0) is 30.0. The van der Waals surface area contributed by atoms with Crippen LogP contribution in [0, 0.1) is 10.8 Å². The number of carbonyl (C=O) groups excluding carboxylic acids is 2. The van der Waals surface area contributed by atoms with Crippen molar-refractivity contribution in [3.8, 4) is 0 Å². The molecule has 1 aliphatic rings. The Kier molecular flexibility index (Phi) is 10.2. The van der Waals surface area contributed by atoms with Gasteiger partial charge >= 0.3 is 36.4 Å². The summed E-state index contributed by atoms with van der Waals surface area (Å²) in [4.78, 5) is 23.6. The standard InChI is InChI=1S/C20H26F12N2O4/c1-15(2)4-10(34-14(36)38-9-18(25,26)12(22)20(30,31)32)5-16(3,6-15)7-33-13(35)37-8-17(23,24)11(21)19(27,28)29/h10-12H,4-9H2,1-3H3,(H,33,35)(H,34,36). The molecule has 0 spiro atoms. The van der Waals surface area contributed by atoms with Gasteiger partial charge in [0.25, 0.3) is 12.3 Å². The van der Waals surface area contributed by atoms with Gasteiger partial charge in [0.05, 0.1) is 0 Å². The molecule has 2 amide bonds. The van der Waals surface area contributed by atoms with Crippen molar-refractivity contribution >= 4 is 12.2 Å². The monoisotopic (exact) mass is 586 g/mol. The lowest BCUT2D eigenvalue weighted by Gasteiger charge is -2.46. The highest BCUT2D eigenvalue weighted by atomic mass is 19.4. The number of rotatable bonds is 9. The molecule has 6 nitrogen and oxygen atoms in total. The molecule has 1 fully saturated rings. The molecule has 224 valence electrons. The van der Waals surface area contributed by atoms with E-state index in [1.54, 1.807) is 13.8 Å². The van der Waals surface area contributed by atoms with Crippen molar-refractivity contribution < 1.29 is 71.7 Å². The Morgan fingerprint density at radius 2 is 1.21 bits per heavy atom. The number of alkyl halides is 12. The first-order valence-corrected chi connectivity index (χ1v) is 10.8. The molecule has 4 unspecified atom stereocenters. The van der Waals surface area contributed by atoms with Gasteiger partial charge in [-0.2, -0.15) is 43.9 Å². The van der Waals surface area contributed by atoms with Gasteiger partial charge in [-0.3, -0.25) is 0 Å². The van der Waals surface area contributed by atoms with E-state index in [2.05, 4.69) is 14.8 Å². The lowest BCUT2D eigenvalue weighted by molar-refractivity contribution is -0.252. The summed E-state index contributed by atoms with van der Waals surface area (Å²) in [5.41, 5.74) is -1.58. The molecule has 0 aliphatic heterocycles. The maximum Gasteiger partial charge on any atom is 0.425 e. The number of nitrogens with one attached hydrogen (secondary N) is 2. The lowest BCUT2D eigenvalue weighted by atomic mass is 9.62. The summed E-state index contributed by atoms with van der Waals surface area (Å²) in [5.74, 6) is -10.1. The van der Waals surface area contributed by atoms with Gasteiger partial charge in [0.2, 0.25) is 0 Å². The van der Waals surface area contributed by atoms with Crippen LogP contribution in [0.15, 0.2) is 0 Å². The van der Waals surface area contributed by atoms with Gasteiger partial charge < -0.3 is 20.1 Å². The third-order valence-electron chi connectivity index (χ3n) is 5.53. The highest BCUT2D eigenvalue weighted by molar-refractivity contribution is 5.68. The fraction of sp³-hybridized carbons (Fsp3) is 0.900. The van der Waals surface area contributed by atoms with Crippen LogP contribution < -0.4 is 10.6 Å². The Bertz CT molecular complexity index is 834. The zero-order valence-corrected chi connectivity index (χ0v) is 20.1. The van der Waals surface area contributed by atoms with Gasteiger partial charge in [-0.05, 0) is 30.1 Å². The fourth-order valence-corrected chi connectivity index (χ4v) is 4.36. The average molecular weight is 586 g/mol. The molecule has 0 aromatic carbocycles. The van der Waals surface area contributed by atoms with E-state index in [4.69, 9.17) is 0 Å². The van der Waals surface area contributed by atoms with E-state index >= 15 is 0 Å². The number of halogens is 12. The molecule has 1 saturated carbocycles. The Morgan fingerprint density at radius 3 is 1.63 bits per heavy atom. The van der Waals surface area contributed by atoms with Gasteiger partial charge in [-0.15, -0.1) is 0 Å². The minimum atomic E-state index is -5.89. The van der Waals surface area contributed by atoms with Crippen LogP contribution in [-0.2, 0) is 9.47 Å². The first-order chi connectivity index (χ1) is 16.8. The summed E-state index contributed by atoms with van der Waals surface area (Å²) in [5, 5.41) is 4.19. The van der Waals surface area contributed by atoms with Crippen molar-refractivity contribution in [2.24, 2.45) is 10.8 Å². The predicted molar refractivity (Wildman–Crippen MR) is 105 cm³/mol. The van der Waals surface area contributed by atoms with E-state index in [1.807, 2.05) is 5.32 Å². The quantitative estimate of drug-likeness (QED) is 0.321. The minimum absolute atomic E-state index is 0.0206. The Labute approximate surface area is 208 Å². The van der Waals surface area contributed by atoms with Gasteiger partial charge in [-0.25, -0.2) is 18.4 Å². The highest BCUT2D eigenvalue weighted by Crippen LogP contribution is 2.46. The largest absolute Gasteiger partial charge is 0.443 e. The van der Waals surface area contributed by atoms with Crippen LogP contribution in [0.3, 0.4) is 0 Å². The lowest BCUT2D eigenvalue weighted by Crippen LogP contribution is -2.51. The van der Waals surface area contributed by atoms with Crippen molar-refractivity contribution in [3.63, 3.8) is 0 Å². The molecule has 18 heteroatoms. The molecule has 0 heterocycles. The first kappa shape index (κ1) is 33.7. The van der Waals surface area contributed by atoms with E-state index < -0.39 is 78.8 Å². The SMILES string of the molecule is CC1(C)CC(NC(=O)OCC(F)(F)C(F)C(F)(F)F)CC(C)(CNC(=O)OCC(F)(F)C(F)C(F)(F)F)C1. The van der Waals surface area contributed by atoms with Crippen molar-refractivity contribution in [3.05, 3.63) is 0 Å². The van der Waals surface area contributed by atoms with Crippen LogP contribution in [0.25, 0.3) is 0 Å². The van der Waals surface area contributed by atoms with Crippen LogP contribution in [-0.4, -0.2) is 74.5 Å². The fourth-order valence-electron chi connectivity index (χ4n) is 4.36.